The van der Waals surface area contributed by atoms with Gasteiger partial charge in [-0.2, -0.15) is 0 Å². The number of pyridine rings is 1. The first-order valence-electron chi connectivity index (χ1n) is 9.21. The van der Waals surface area contributed by atoms with Gasteiger partial charge >= 0.3 is 0 Å². The van der Waals surface area contributed by atoms with Gasteiger partial charge in [-0.15, -0.1) is 0 Å². The Hall–Kier alpha value is -1.91. The summed E-state index contributed by atoms with van der Waals surface area (Å²) in [6.07, 6.45) is 6.76. The molecule has 1 aromatic heterocycles. The summed E-state index contributed by atoms with van der Waals surface area (Å²) < 4.78 is 0. The highest BCUT2D eigenvalue weighted by Gasteiger charge is 2.38. The van der Waals surface area contributed by atoms with E-state index in [1.807, 2.05) is 34.2 Å². The SMILES string of the molecule is O=C(C1CCC1)N1CCC(C(=O)N2CC(c3ccccn3)C2)CC1. The summed E-state index contributed by atoms with van der Waals surface area (Å²) in [6.45, 7) is 3.08. The quantitative estimate of drug-likeness (QED) is 0.854. The van der Waals surface area contributed by atoms with Gasteiger partial charge < -0.3 is 9.80 Å². The first-order chi connectivity index (χ1) is 11.7. The molecule has 0 radical (unpaired) electrons. The molecular weight excluding hydrogens is 302 g/mol. The number of aromatic nitrogens is 1. The number of piperidine rings is 1. The molecule has 0 unspecified atom stereocenters. The monoisotopic (exact) mass is 327 g/mol. The van der Waals surface area contributed by atoms with E-state index in [4.69, 9.17) is 0 Å². The number of nitrogens with zero attached hydrogens (tertiary/aromatic N) is 3. The molecule has 3 fully saturated rings. The summed E-state index contributed by atoms with van der Waals surface area (Å²) >= 11 is 0. The standard InChI is InChI=1S/C19H25N3O2/c23-18(14-4-3-5-14)21-10-7-15(8-11-21)19(24)22-12-16(13-22)17-6-1-2-9-20-17/h1-2,6,9,14-16H,3-5,7-8,10-13H2. The van der Waals surface area contributed by atoms with E-state index in [9.17, 15) is 9.59 Å². The van der Waals surface area contributed by atoms with Crippen LogP contribution in [0, 0.1) is 11.8 Å². The molecule has 3 heterocycles. The minimum Gasteiger partial charge on any atom is -0.342 e. The predicted molar refractivity (Wildman–Crippen MR) is 90.2 cm³/mol. The van der Waals surface area contributed by atoms with Crippen LogP contribution in [0.1, 0.15) is 43.7 Å². The van der Waals surface area contributed by atoms with Crippen molar-refractivity contribution in [3.63, 3.8) is 0 Å². The van der Waals surface area contributed by atoms with Crippen molar-refractivity contribution in [1.29, 1.82) is 0 Å². The average molecular weight is 327 g/mol. The first-order valence-corrected chi connectivity index (χ1v) is 9.21. The second-order valence-electron chi connectivity index (χ2n) is 7.42. The van der Waals surface area contributed by atoms with Gasteiger partial charge in [0, 0.05) is 55.8 Å². The number of rotatable bonds is 3. The Balaban J connectivity index is 1.24. The van der Waals surface area contributed by atoms with Crippen LogP contribution in [0.2, 0.25) is 0 Å². The molecule has 0 atom stereocenters. The van der Waals surface area contributed by atoms with Crippen LogP contribution in [-0.4, -0.2) is 52.8 Å². The van der Waals surface area contributed by atoms with Gasteiger partial charge in [-0.3, -0.25) is 14.6 Å². The molecule has 4 rings (SSSR count). The molecule has 3 aliphatic rings. The Bertz CT molecular complexity index is 600. The summed E-state index contributed by atoms with van der Waals surface area (Å²) in [5.41, 5.74) is 1.09. The van der Waals surface area contributed by atoms with Gasteiger partial charge in [0.25, 0.3) is 0 Å². The van der Waals surface area contributed by atoms with E-state index in [2.05, 4.69) is 4.98 Å². The molecule has 0 N–H and O–H groups in total. The number of carbonyl (C=O) groups is 2. The fraction of sp³-hybridized carbons (Fsp3) is 0.632. The maximum atomic E-state index is 12.6. The van der Waals surface area contributed by atoms with Crippen molar-refractivity contribution in [1.82, 2.24) is 14.8 Å². The van der Waals surface area contributed by atoms with E-state index >= 15 is 0 Å². The minimum absolute atomic E-state index is 0.0973. The van der Waals surface area contributed by atoms with Crippen LogP contribution in [-0.2, 0) is 9.59 Å². The lowest BCUT2D eigenvalue weighted by Crippen LogP contribution is -2.53. The summed E-state index contributed by atoms with van der Waals surface area (Å²) in [4.78, 5) is 33.3. The maximum Gasteiger partial charge on any atom is 0.225 e. The van der Waals surface area contributed by atoms with Gasteiger partial charge in [0.1, 0.15) is 0 Å². The Labute approximate surface area is 143 Å². The molecule has 0 spiro atoms. The molecule has 1 aromatic rings. The van der Waals surface area contributed by atoms with Crippen LogP contribution in [0.15, 0.2) is 24.4 Å². The second-order valence-corrected chi connectivity index (χ2v) is 7.42. The van der Waals surface area contributed by atoms with Crippen LogP contribution in [0.3, 0.4) is 0 Å². The molecule has 2 saturated heterocycles. The Morgan fingerprint density at radius 2 is 1.58 bits per heavy atom. The van der Waals surface area contributed by atoms with Crippen molar-refractivity contribution in [3.8, 4) is 0 Å². The summed E-state index contributed by atoms with van der Waals surface area (Å²) in [6, 6.07) is 5.96. The lowest BCUT2D eigenvalue weighted by atomic mass is 9.83. The van der Waals surface area contributed by atoms with E-state index in [0.29, 0.717) is 11.8 Å². The number of amides is 2. The zero-order valence-electron chi connectivity index (χ0n) is 14.1. The van der Waals surface area contributed by atoms with Crippen LogP contribution >= 0.6 is 0 Å². The average Bonchev–Trinajstić information content (AvgIpc) is 2.53. The van der Waals surface area contributed by atoms with Crippen molar-refractivity contribution in [2.75, 3.05) is 26.2 Å². The van der Waals surface area contributed by atoms with Crippen LogP contribution < -0.4 is 0 Å². The summed E-state index contributed by atoms with van der Waals surface area (Å²) in [7, 11) is 0. The molecule has 2 amide bonds. The van der Waals surface area contributed by atoms with Crippen LogP contribution in [0.5, 0.6) is 0 Å². The van der Waals surface area contributed by atoms with Gasteiger partial charge in [0.05, 0.1) is 0 Å². The van der Waals surface area contributed by atoms with Crippen molar-refractivity contribution >= 4 is 11.8 Å². The van der Waals surface area contributed by atoms with Crippen molar-refractivity contribution < 1.29 is 9.59 Å². The Morgan fingerprint density at radius 3 is 2.17 bits per heavy atom. The third-order valence-electron chi connectivity index (χ3n) is 5.91. The van der Waals surface area contributed by atoms with Crippen LogP contribution in [0.4, 0.5) is 0 Å². The maximum absolute atomic E-state index is 12.6. The largest absolute Gasteiger partial charge is 0.342 e. The second kappa shape index (κ2) is 6.54. The molecular formula is C19H25N3O2. The van der Waals surface area contributed by atoms with Gasteiger partial charge in [-0.25, -0.2) is 0 Å². The fourth-order valence-corrected chi connectivity index (χ4v) is 3.98. The highest BCUT2D eigenvalue weighted by Crippen LogP contribution is 2.32. The van der Waals surface area contributed by atoms with Gasteiger partial charge in [0.2, 0.25) is 11.8 Å². The molecule has 128 valence electrons. The lowest BCUT2D eigenvalue weighted by molar-refractivity contribution is -0.146. The predicted octanol–water partition coefficient (Wildman–Crippen LogP) is 2.05. The zero-order valence-corrected chi connectivity index (χ0v) is 14.1. The molecule has 0 aromatic carbocycles. The van der Waals surface area contributed by atoms with E-state index in [-0.39, 0.29) is 17.7 Å². The molecule has 24 heavy (non-hydrogen) atoms. The molecule has 1 saturated carbocycles. The highest BCUT2D eigenvalue weighted by atomic mass is 16.2. The third-order valence-corrected chi connectivity index (χ3v) is 5.91. The number of hydrogen-bond acceptors (Lipinski definition) is 3. The van der Waals surface area contributed by atoms with Crippen LogP contribution in [0.25, 0.3) is 0 Å². The fourth-order valence-electron chi connectivity index (χ4n) is 3.98. The van der Waals surface area contributed by atoms with E-state index in [0.717, 1.165) is 57.6 Å². The minimum atomic E-state index is 0.0973. The smallest absolute Gasteiger partial charge is 0.225 e. The molecule has 5 nitrogen and oxygen atoms in total. The van der Waals surface area contributed by atoms with E-state index in [1.165, 1.54) is 6.42 Å². The topological polar surface area (TPSA) is 53.5 Å². The van der Waals surface area contributed by atoms with Gasteiger partial charge in [-0.1, -0.05) is 12.5 Å². The molecule has 5 heteroatoms. The highest BCUT2D eigenvalue weighted by molar-refractivity contribution is 5.82. The number of likely N-dealkylation sites (tertiary alicyclic amines) is 2. The Kier molecular flexibility index (Phi) is 4.25. The van der Waals surface area contributed by atoms with E-state index < -0.39 is 0 Å². The lowest BCUT2D eigenvalue weighted by Gasteiger charge is -2.43. The van der Waals surface area contributed by atoms with E-state index in [1.54, 1.807) is 0 Å². The molecule has 0 bridgehead atoms. The van der Waals surface area contributed by atoms with Gasteiger partial charge in [-0.05, 0) is 37.8 Å². The summed E-state index contributed by atoms with van der Waals surface area (Å²) in [5.74, 6) is 1.35. The van der Waals surface area contributed by atoms with Gasteiger partial charge in [0.15, 0.2) is 0 Å². The first kappa shape index (κ1) is 15.6. The van der Waals surface area contributed by atoms with Crippen molar-refractivity contribution in [2.24, 2.45) is 11.8 Å². The number of carbonyl (C=O) groups excluding carboxylic acids is 2. The zero-order chi connectivity index (χ0) is 16.5. The normalized spacial score (nSPS) is 22.8. The third kappa shape index (κ3) is 2.92. The van der Waals surface area contributed by atoms with Crippen molar-refractivity contribution in [3.05, 3.63) is 30.1 Å². The summed E-state index contributed by atoms with van der Waals surface area (Å²) in [5, 5.41) is 0. The number of hydrogen-bond donors (Lipinski definition) is 0. The van der Waals surface area contributed by atoms with Crippen molar-refractivity contribution in [2.45, 2.75) is 38.0 Å². The molecule has 1 aliphatic carbocycles. The Morgan fingerprint density at radius 1 is 0.917 bits per heavy atom. The molecule has 2 aliphatic heterocycles.